The summed E-state index contributed by atoms with van der Waals surface area (Å²) in [5.74, 6) is 0.260. The Hall–Kier alpha value is -0.475. The fraction of sp³-hybridized carbons (Fsp3) is 0.857. The van der Waals surface area contributed by atoms with Gasteiger partial charge in [0.25, 0.3) is 0 Å². The van der Waals surface area contributed by atoms with Gasteiger partial charge in [-0.2, -0.15) is 0 Å². The molecular formula is C14H30BN2O. The summed E-state index contributed by atoms with van der Waals surface area (Å²) in [4.78, 5) is 15.6. The average Bonchev–Trinajstić information content (AvgIpc) is 2.83. The second kappa shape index (κ2) is 11.6. The van der Waals surface area contributed by atoms with Crippen molar-refractivity contribution in [1.82, 2.24) is 9.80 Å². The third kappa shape index (κ3) is 7.77. The van der Waals surface area contributed by atoms with E-state index in [1.807, 2.05) is 13.8 Å². The van der Waals surface area contributed by atoms with Gasteiger partial charge in [0, 0.05) is 25.2 Å². The Labute approximate surface area is 115 Å². The van der Waals surface area contributed by atoms with Gasteiger partial charge in [0.15, 0.2) is 0 Å². The van der Waals surface area contributed by atoms with Crippen LogP contribution in [0.2, 0.25) is 0 Å². The zero-order valence-corrected chi connectivity index (χ0v) is 13.1. The van der Waals surface area contributed by atoms with Crippen LogP contribution in [0.4, 0.5) is 0 Å². The van der Waals surface area contributed by atoms with Gasteiger partial charge in [-0.15, -0.1) is 0 Å². The molecule has 0 bridgehead atoms. The van der Waals surface area contributed by atoms with Crippen molar-refractivity contribution in [1.29, 1.82) is 0 Å². The molecule has 0 amide bonds. The summed E-state index contributed by atoms with van der Waals surface area (Å²) in [5, 5.41) is 0. The number of rotatable bonds is 4. The molecule has 0 N–H and O–H groups in total. The Bertz CT molecular complexity index is 222. The van der Waals surface area contributed by atoms with Gasteiger partial charge in [0.05, 0.1) is 6.54 Å². The summed E-state index contributed by atoms with van der Waals surface area (Å²) in [6.07, 6.45) is 1.20. The fourth-order valence-corrected chi connectivity index (χ4v) is 2.08. The summed E-state index contributed by atoms with van der Waals surface area (Å²) < 4.78 is 0. The molecule has 1 heterocycles. The first kappa shape index (κ1) is 19.9. The normalized spacial score (nSPS) is 18.9. The zero-order chi connectivity index (χ0) is 14.7. The molecule has 1 aliphatic heterocycles. The molecule has 0 aromatic rings. The molecule has 0 spiro atoms. The number of carbonyl (C=O) groups is 1. The quantitative estimate of drug-likeness (QED) is 0.711. The van der Waals surface area contributed by atoms with E-state index in [9.17, 15) is 4.79 Å². The van der Waals surface area contributed by atoms with E-state index in [4.69, 9.17) is 0 Å². The van der Waals surface area contributed by atoms with E-state index < -0.39 is 0 Å². The minimum atomic E-state index is 0.260. The second-order valence-corrected chi connectivity index (χ2v) is 4.65. The van der Waals surface area contributed by atoms with Crippen LogP contribution in [-0.2, 0) is 4.79 Å². The number of hydrogen-bond donors (Lipinski definition) is 0. The topological polar surface area (TPSA) is 23.6 Å². The number of ketones is 1. The van der Waals surface area contributed by atoms with Crippen LogP contribution >= 0.6 is 0 Å². The van der Waals surface area contributed by atoms with Gasteiger partial charge in [0.1, 0.15) is 5.78 Å². The van der Waals surface area contributed by atoms with Crippen molar-refractivity contribution in [3.8, 4) is 0 Å². The molecule has 0 aliphatic carbocycles. The first-order valence-electron chi connectivity index (χ1n) is 6.85. The second-order valence-electron chi connectivity index (χ2n) is 4.65. The first-order valence-corrected chi connectivity index (χ1v) is 6.85. The van der Waals surface area contributed by atoms with Crippen LogP contribution in [0.25, 0.3) is 0 Å². The van der Waals surface area contributed by atoms with Gasteiger partial charge < -0.3 is 0 Å². The van der Waals surface area contributed by atoms with Crippen molar-refractivity contribution in [2.45, 2.75) is 53.1 Å². The molecular weight excluding hydrogens is 223 g/mol. The molecule has 0 saturated carbocycles. The Kier molecular flexibility index (Phi) is 12.8. The zero-order valence-electron chi connectivity index (χ0n) is 13.1. The van der Waals surface area contributed by atoms with Crippen molar-refractivity contribution in [3.05, 3.63) is 0 Å². The number of Topliss-reactive ketones (excluding diaryl/α,β-unsaturated/α-hetero) is 1. The predicted molar refractivity (Wildman–Crippen MR) is 82.6 cm³/mol. The number of carbonyl (C=O) groups excluding carboxylic acids is 1. The van der Waals surface area contributed by atoms with E-state index in [1.165, 1.54) is 13.0 Å². The maximum atomic E-state index is 11.0. The predicted octanol–water partition coefficient (Wildman–Crippen LogP) is 1.60. The summed E-state index contributed by atoms with van der Waals surface area (Å²) >= 11 is 0. The molecule has 1 unspecified atom stereocenters. The number of hydrogen-bond acceptors (Lipinski definition) is 3. The van der Waals surface area contributed by atoms with E-state index >= 15 is 0 Å². The van der Waals surface area contributed by atoms with Crippen LogP contribution < -0.4 is 0 Å². The SMILES string of the molecule is CC.CC(=O)CN(C)C1CCN(C(C)C)C1.[B]=C. The molecule has 105 valence electrons. The molecule has 0 aromatic carbocycles. The molecule has 1 aliphatic rings. The van der Waals surface area contributed by atoms with E-state index in [0.717, 1.165) is 6.54 Å². The average molecular weight is 253 g/mol. The minimum absolute atomic E-state index is 0.260. The molecule has 18 heavy (non-hydrogen) atoms. The monoisotopic (exact) mass is 253 g/mol. The van der Waals surface area contributed by atoms with Crippen molar-refractivity contribution >= 4 is 19.7 Å². The summed E-state index contributed by atoms with van der Waals surface area (Å²) in [7, 11) is 6.30. The Balaban J connectivity index is 0. The number of nitrogens with zero attached hydrogens (tertiary/aromatic N) is 2. The molecule has 0 aromatic heterocycles. The summed E-state index contributed by atoms with van der Waals surface area (Å²) in [6.45, 7) is 15.7. The van der Waals surface area contributed by atoms with Gasteiger partial charge in [-0.3, -0.25) is 14.6 Å². The van der Waals surface area contributed by atoms with E-state index in [2.05, 4.69) is 44.7 Å². The molecule has 3 nitrogen and oxygen atoms in total. The molecule has 1 fully saturated rings. The Morgan fingerprint density at radius 1 is 1.44 bits per heavy atom. The van der Waals surface area contributed by atoms with Crippen LogP contribution in [0.15, 0.2) is 0 Å². The van der Waals surface area contributed by atoms with E-state index in [0.29, 0.717) is 18.6 Å². The Morgan fingerprint density at radius 3 is 2.28 bits per heavy atom. The molecule has 1 rings (SSSR count). The van der Waals surface area contributed by atoms with Gasteiger partial charge in [0.2, 0.25) is 0 Å². The summed E-state index contributed by atoms with van der Waals surface area (Å²) in [5.41, 5.74) is 0. The van der Waals surface area contributed by atoms with Crippen molar-refractivity contribution in [3.63, 3.8) is 0 Å². The van der Waals surface area contributed by atoms with Crippen LogP contribution in [0.3, 0.4) is 0 Å². The maximum absolute atomic E-state index is 11.0. The van der Waals surface area contributed by atoms with Crippen LogP contribution in [0, 0.1) is 0 Å². The van der Waals surface area contributed by atoms with Gasteiger partial charge in [-0.05, 0) is 34.2 Å². The first-order chi connectivity index (χ1) is 8.50. The third-order valence-corrected chi connectivity index (χ3v) is 3.02. The number of likely N-dealkylation sites (N-methyl/N-ethyl adjacent to an activating group) is 1. The molecule has 4 heteroatoms. The molecule has 1 radical (unpaired) electrons. The van der Waals surface area contributed by atoms with Gasteiger partial charge in [-0.1, -0.05) is 13.8 Å². The van der Waals surface area contributed by atoms with E-state index in [-0.39, 0.29) is 5.78 Å². The van der Waals surface area contributed by atoms with E-state index in [1.54, 1.807) is 6.92 Å². The van der Waals surface area contributed by atoms with Crippen molar-refractivity contribution in [2.75, 3.05) is 26.7 Å². The standard InChI is InChI=1S/C11H22N2O.C2H6.CH2B/c1-9(2)13-6-5-11(8-13)12(4)7-10(3)14;2*1-2/h9,11H,5-8H2,1-4H3;1-2H3;1H2. The van der Waals surface area contributed by atoms with Crippen LogP contribution in [-0.4, -0.2) is 68.3 Å². The fourth-order valence-electron chi connectivity index (χ4n) is 2.08. The van der Waals surface area contributed by atoms with Gasteiger partial charge in [-0.25, -0.2) is 0 Å². The molecule has 1 saturated heterocycles. The number of likely N-dealkylation sites (tertiary alicyclic amines) is 1. The van der Waals surface area contributed by atoms with Crippen LogP contribution in [0.5, 0.6) is 0 Å². The third-order valence-electron chi connectivity index (χ3n) is 3.02. The van der Waals surface area contributed by atoms with Crippen molar-refractivity contribution < 1.29 is 4.79 Å². The summed E-state index contributed by atoms with van der Waals surface area (Å²) in [6, 6.07) is 1.20. The molecule has 1 atom stereocenters. The van der Waals surface area contributed by atoms with Crippen LogP contribution in [0.1, 0.15) is 41.0 Å². The van der Waals surface area contributed by atoms with Gasteiger partial charge >= 0.3 is 14.0 Å². The van der Waals surface area contributed by atoms with Crippen molar-refractivity contribution in [2.24, 2.45) is 0 Å². The Morgan fingerprint density at radius 2 is 1.94 bits per heavy atom.